The van der Waals surface area contributed by atoms with Crippen LogP contribution in [0.15, 0.2) is 0 Å². The molecule has 1 aromatic carbocycles. The maximum absolute atomic E-state index is 12.8. The molecule has 7 heteroatoms. The van der Waals surface area contributed by atoms with Crippen molar-refractivity contribution < 1.29 is 29.3 Å². The summed E-state index contributed by atoms with van der Waals surface area (Å²) in [6.07, 6.45) is 0.997. The molecule has 1 amide bonds. The minimum Gasteiger partial charge on any atom is -0.477 e. The average Bonchev–Trinajstić information content (AvgIpc) is 2.63. The number of rotatable bonds is 5. The normalized spacial score (nSPS) is 19.1. The Labute approximate surface area is 159 Å². The van der Waals surface area contributed by atoms with E-state index in [0.717, 1.165) is 22.3 Å². The first kappa shape index (κ1) is 21.2. The summed E-state index contributed by atoms with van der Waals surface area (Å²) in [6, 6.07) is 0. The van der Waals surface area contributed by atoms with Crippen molar-refractivity contribution in [2.24, 2.45) is 0 Å². The van der Waals surface area contributed by atoms with E-state index >= 15 is 0 Å². The van der Waals surface area contributed by atoms with Crippen molar-refractivity contribution in [2.75, 3.05) is 13.2 Å². The Morgan fingerprint density at radius 1 is 1.19 bits per heavy atom. The van der Waals surface area contributed by atoms with E-state index in [1.807, 2.05) is 20.8 Å². The fraction of sp³-hybridized carbons (Fsp3) is 0.600. The standard InChI is InChI=1S/C20H29NO6/c1-11-12(2)17-15(13(3)16(11)26-14(4)24)7-8-20(6,27-17)18(25)21-19(5,9-22)10-23/h22-23H,7-10H2,1-6H3,(H,21,25). The molecule has 0 spiro atoms. The van der Waals surface area contributed by atoms with Crippen LogP contribution in [0.25, 0.3) is 0 Å². The molecule has 0 saturated carbocycles. The Bertz CT molecular complexity index is 768. The van der Waals surface area contributed by atoms with Crippen LogP contribution >= 0.6 is 0 Å². The molecule has 1 unspecified atom stereocenters. The molecule has 1 aromatic rings. The molecule has 1 aliphatic rings. The third-order valence-corrected chi connectivity index (χ3v) is 5.33. The summed E-state index contributed by atoms with van der Waals surface area (Å²) in [4.78, 5) is 24.3. The first-order valence-electron chi connectivity index (χ1n) is 9.02. The number of esters is 1. The Morgan fingerprint density at radius 3 is 2.30 bits per heavy atom. The SMILES string of the molecule is CC(=O)Oc1c(C)c(C)c2c(c1C)CCC(C)(C(=O)NC(C)(CO)CO)O2. The second kappa shape index (κ2) is 7.48. The van der Waals surface area contributed by atoms with Crippen LogP contribution in [0.5, 0.6) is 11.5 Å². The minimum atomic E-state index is -1.13. The van der Waals surface area contributed by atoms with Crippen LogP contribution in [0.4, 0.5) is 0 Å². The van der Waals surface area contributed by atoms with Crippen molar-refractivity contribution >= 4 is 11.9 Å². The largest absolute Gasteiger partial charge is 0.477 e. The van der Waals surface area contributed by atoms with Gasteiger partial charge in [0, 0.05) is 18.9 Å². The van der Waals surface area contributed by atoms with E-state index in [-0.39, 0.29) is 19.2 Å². The Morgan fingerprint density at radius 2 is 1.78 bits per heavy atom. The number of benzene rings is 1. The third kappa shape index (κ3) is 3.94. The number of aliphatic hydroxyl groups is 2. The molecule has 0 aromatic heterocycles. The van der Waals surface area contributed by atoms with Crippen molar-refractivity contribution in [3.8, 4) is 11.5 Å². The maximum Gasteiger partial charge on any atom is 0.308 e. The van der Waals surface area contributed by atoms with E-state index in [1.165, 1.54) is 6.92 Å². The Balaban J connectivity index is 2.40. The summed E-state index contributed by atoms with van der Waals surface area (Å²) >= 11 is 0. The molecular weight excluding hydrogens is 350 g/mol. The van der Waals surface area contributed by atoms with Crippen LogP contribution < -0.4 is 14.8 Å². The first-order chi connectivity index (χ1) is 12.5. The van der Waals surface area contributed by atoms with Gasteiger partial charge in [-0.05, 0) is 57.7 Å². The number of nitrogens with one attached hydrogen (secondary N) is 1. The summed E-state index contributed by atoms with van der Waals surface area (Å²) in [5.41, 5.74) is 1.11. The molecule has 150 valence electrons. The van der Waals surface area contributed by atoms with Crippen LogP contribution in [0.1, 0.15) is 49.4 Å². The molecule has 1 heterocycles. The maximum atomic E-state index is 12.8. The lowest BCUT2D eigenvalue weighted by atomic mass is 9.86. The van der Waals surface area contributed by atoms with Gasteiger partial charge in [-0.2, -0.15) is 0 Å². The van der Waals surface area contributed by atoms with Gasteiger partial charge >= 0.3 is 5.97 Å². The summed E-state index contributed by atoms with van der Waals surface area (Å²) in [7, 11) is 0. The zero-order valence-corrected chi connectivity index (χ0v) is 16.9. The fourth-order valence-electron chi connectivity index (χ4n) is 3.23. The van der Waals surface area contributed by atoms with Gasteiger partial charge in [0.05, 0.1) is 18.8 Å². The monoisotopic (exact) mass is 379 g/mol. The van der Waals surface area contributed by atoms with Gasteiger partial charge in [0.2, 0.25) is 0 Å². The van der Waals surface area contributed by atoms with Gasteiger partial charge in [-0.25, -0.2) is 0 Å². The van der Waals surface area contributed by atoms with E-state index in [1.54, 1.807) is 13.8 Å². The van der Waals surface area contributed by atoms with Gasteiger partial charge in [-0.1, -0.05) is 0 Å². The first-order valence-corrected chi connectivity index (χ1v) is 9.02. The van der Waals surface area contributed by atoms with Gasteiger partial charge in [0.25, 0.3) is 5.91 Å². The Kier molecular flexibility index (Phi) is 5.87. The van der Waals surface area contributed by atoms with Crippen molar-refractivity contribution in [1.82, 2.24) is 5.32 Å². The van der Waals surface area contributed by atoms with E-state index in [9.17, 15) is 19.8 Å². The Hall–Kier alpha value is -2.12. The predicted molar refractivity (Wildman–Crippen MR) is 100 cm³/mol. The van der Waals surface area contributed by atoms with E-state index in [2.05, 4.69) is 5.32 Å². The summed E-state index contributed by atoms with van der Waals surface area (Å²) < 4.78 is 11.5. The second-order valence-corrected chi connectivity index (χ2v) is 7.77. The van der Waals surface area contributed by atoms with Gasteiger partial charge in [0.1, 0.15) is 11.5 Å². The van der Waals surface area contributed by atoms with Crippen molar-refractivity contribution in [2.45, 2.75) is 65.5 Å². The molecular formula is C20H29NO6. The van der Waals surface area contributed by atoms with Crippen LogP contribution in [-0.4, -0.2) is 46.4 Å². The van der Waals surface area contributed by atoms with Crippen LogP contribution in [-0.2, 0) is 16.0 Å². The molecule has 0 radical (unpaired) electrons. The third-order valence-electron chi connectivity index (χ3n) is 5.33. The van der Waals surface area contributed by atoms with Crippen LogP contribution in [0.2, 0.25) is 0 Å². The van der Waals surface area contributed by atoms with Gasteiger partial charge in [-0.3, -0.25) is 9.59 Å². The number of fused-ring (bicyclic) bond motifs is 1. The van der Waals surface area contributed by atoms with Gasteiger partial charge in [0.15, 0.2) is 5.60 Å². The highest BCUT2D eigenvalue weighted by atomic mass is 16.5. The number of hydrogen-bond donors (Lipinski definition) is 3. The topological polar surface area (TPSA) is 105 Å². The summed E-state index contributed by atoms with van der Waals surface area (Å²) in [5.74, 6) is 0.398. The summed E-state index contributed by atoms with van der Waals surface area (Å²) in [5, 5.41) is 21.6. The molecule has 1 aliphatic heterocycles. The smallest absolute Gasteiger partial charge is 0.308 e. The highest BCUT2D eigenvalue weighted by Gasteiger charge is 2.43. The quantitative estimate of drug-likeness (QED) is 0.529. The molecule has 0 aliphatic carbocycles. The lowest BCUT2D eigenvalue weighted by molar-refractivity contribution is -0.140. The van der Waals surface area contributed by atoms with Crippen molar-refractivity contribution in [3.63, 3.8) is 0 Å². The van der Waals surface area contributed by atoms with Gasteiger partial charge in [-0.15, -0.1) is 0 Å². The molecule has 2 rings (SSSR count). The fourth-order valence-corrected chi connectivity index (χ4v) is 3.23. The highest BCUT2D eigenvalue weighted by molar-refractivity contribution is 5.86. The molecule has 3 N–H and O–H groups in total. The van der Waals surface area contributed by atoms with E-state index < -0.39 is 17.0 Å². The molecule has 7 nitrogen and oxygen atoms in total. The van der Waals surface area contributed by atoms with Crippen molar-refractivity contribution in [1.29, 1.82) is 0 Å². The van der Waals surface area contributed by atoms with Crippen LogP contribution in [0, 0.1) is 20.8 Å². The zero-order chi connectivity index (χ0) is 20.6. The van der Waals surface area contributed by atoms with E-state index in [4.69, 9.17) is 9.47 Å². The second-order valence-electron chi connectivity index (χ2n) is 7.77. The number of carbonyl (C=O) groups excluding carboxylic acids is 2. The lowest BCUT2D eigenvalue weighted by Crippen LogP contribution is -2.60. The number of amides is 1. The molecule has 0 fully saturated rings. The highest BCUT2D eigenvalue weighted by Crippen LogP contribution is 2.44. The number of ether oxygens (including phenoxy) is 2. The number of hydrogen-bond acceptors (Lipinski definition) is 6. The number of aliphatic hydroxyl groups excluding tert-OH is 2. The van der Waals surface area contributed by atoms with E-state index in [0.29, 0.717) is 24.3 Å². The number of carbonyl (C=O) groups is 2. The lowest BCUT2D eigenvalue weighted by Gasteiger charge is -2.39. The summed E-state index contributed by atoms with van der Waals surface area (Å²) in [6.45, 7) is 9.46. The molecule has 27 heavy (non-hydrogen) atoms. The molecule has 0 bridgehead atoms. The minimum absolute atomic E-state index is 0.381. The molecule has 0 saturated heterocycles. The van der Waals surface area contributed by atoms with Crippen molar-refractivity contribution in [3.05, 3.63) is 22.3 Å². The average molecular weight is 379 g/mol. The van der Waals surface area contributed by atoms with Gasteiger partial charge < -0.3 is 25.0 Å². The zero-order valence-electron chi connectivity index (χ0n) is 16.9. The predicted octanol–water partition coefficient (Wildman–Crippen LogP) is 1.48. The van der Waals surface area contributed by atoms with Crippen LogP contribution in [0.3, 0.4) is 0 Å². The molecule has 1 atom stereocenters.